The Balaban J connectivity index is 2.16. The summed E-state index contributed by atoms with van der Waals surface area (Å²) in [6.45, 7) is 7.93. The lowest BCUT2D eigenvalue weighted by molar-refractivity contribution is 0.436. The van der Waals surface area contributed by atoms with Gasteiger partial charge in [0.05, 0.1) is 10.6 Å². The number of rotatable bonds is 4. The molecule has 26 heavy (non-hydrogen) atoms. The molecule has 1 aromatic carbocycles. The summed E-state index contributed by atoms with van der Waals surface area (Å²) in [5.41, 5.74) is 0.711. The molecule has 7 heteroatoms. The van der Waals surface area contributed by atoms with Crippen LogP contribution in [0.4, 0.5) is 16.2 Å². The summed E-state index contributed by atoms with van der Waals surface area (Å²) in [4.78, 5) is 11.2. The van der Waals surface area contributed by atoms with Crippen molar-refractivity contribution >= 4 is 35.0 Å². The van der Waals surface area contributed by atoms with E-state index in [1.54, 1.807) is 12.1 Å². The molecule has 140 valence electrons. The Morgan fingerprint density at radius 3 is 2.46 bits per heavy atom. The van der Waals surface area contributed by atoms with Crippen LogP contribution in [0.3, 0.4) is 0 Å². The average molecular weight is 397 g/mol. The minimum Gasteiger partial charge on any atom is -0.356 e. The Labute approximate surface area is 163 Å². The fraction of sp³-hybridized carbons (Fsp3) is 0.474. The monoisotopic (exact) mass is 396 g/mol. The number of hydrogen-bond donors (Lipinski definition) is 1. The van der Waals surface area contributed by atoms with Gasteiger partial charge in [0.25, 0.3) is 0 Å². The maximum absolute atomic E-state index is 14.6. The Morgan fingerprint density at radius 1 is 1.15 bits per heavy atom. The van der Waals surface area contributed by atoms with Gasteiger partial charge >= 0.3 is 0 Å². The van der Waals surface area contributed by atoms with Crippen molar-refractivity contribution in [1.82, 2.24) is 9.97 Å². The summed E-state index contributed by atoms with van der Waals surface area (Å²) >= 11 is 12.8. The van der Waals surface area contributed by atoms with Crippen LogP contribution in [-0.4, -0.2) is 29.1 Å². The minimum absolute atomic E-state index is 0.156. The maximum Gasteiger partial charge on any atom is 0.226 e. The molecule has 1 aromatic heterocycles. The van der Waals surface area contributed by atoms with Crippen LogP contribution in [0.25, 0.3) is 11.1 Å². The standard InChI is InChI=1S/C19H23Cl2FN4/c1-11(2)23-19-24-17(21)16(15-13(20)5-4-6-14(15)22)18(25-19)26-9-7-12(3)8-10-26/h4-6,11-12H,7-10H2,1-3H3,(H,23,24,25). The van der Waals surface area contributed by atoms with Gasteiger partial charge in [-0.25, -0.2) is 9.37 Å². The van der Waals surface area contributed by atoms with Gasteiger partial charge in [0.2, 0.25) is 5.95 Å². The van der Waals surface area contributed by atoms with Crippen LogP contribution in [0.15, 0.2) is 18.2 Å². The first-order valence-corrected chi connectivity index (χ1v) is 9.65. The van der Waals surface area contributed by atoms with Crippen LogP contribution in [0, 0.1) is 11.7 Å². The molecule has 3 rings (SSSR count). The van der Waals surface area contributed by atoms with E-state index in [0.717, 1.165) is 25.9 Å². The van der Waals surface area contributed by atoms with E-state index in [2.05, 4.69) is 27.1 Å². The van der Waals surface area contributed by atoms with Crippen LogP contribution in [0.2, 0.25) is 10.2 Å². The smallest absolute Gasteiger partial charge is 0.226 e. The van der Waals surface area contributed by atoms with Gasteiger partial charge in [-0.3, -0.25) is 0 Å². The van der Waals surface area contributed by atoms with E-state index in [0.29, 0.717) is 28.3 Å². The van der Waals surface area contributed by atoms with Gasteiger partial charge < -0.3 is 10.2 Å². The highest BCUT2D eigenvalue weighted by molar-refractivity contribution is 6.36. The molecule has 0 unspecified atom stereocenters. The van der Waals surface area contributed by atoms with Gasteiger partial charge in [-0.15, -0.1) is 0 Å². The van der Waals surface area contributed by atoms with Crippen LogP contribution < -0.4 is 10.2 Å². The molecule has 2 heterocycles. The first-order valence-electron chi connectivity index (χ1n) is 8.90. The molecular formula is C19H23Cl2FN4. The molecule has 1 aliphatic heterocycles. The predicted octanol–water partition coefficient (Wildman–Crippen LogP) is 5.65. The van der Waals surface area contributed by atoms with Crippen molar-refractivity contribution in [3.8, 4) is 11.1 Å². The lowest BCUT2D eigenvalue weighted by Gasteiger charge is -2.33. The lowest BCUT2D eigenvalue weighted by Crippen LogP contribution is -2.34. The molecule has 0 amide bonds. The Hall–Kier alpha value is -1.59. The number of nitrogens with one attached hydrogen (secondary N) is 1. The minimum atomic E-state index is -0.431. The third-order valence-electron chi connectivity index (χ3n) is 4.56. The molecule has 2 aromatic rings. The summed E-state index contributed by atoms with van der Waals surface area (Å²) < 4.78 is 14.6. The van der Waals surface area contributed by atoms with Crippen molar-refractivity contribution in [2.24, 2.45) is 5.92 Å². The van der Waals surface area contributed by atoms with Gasteiger partial charge in [0.1, 0.15) is 16.8 Å². The molecule has 0 aliphatic carbocycles. The molecule has 0 radical (unpaired) electrons. The van der Waals surface area contributed by atoms with Gasteiger partial charge in [0, 0.05) is 24.7 Å². The average Bonchev–Trinajstić information content (AvgIpc) is 2.56. The highest BCUT2D eigenvalue weighted by Gasteiger charge is 2.26. The second kappa shape index (κ2) is 7.97. The molecule has 0 atom stereocenters. The quantitative estimate of drug-likeness (QED) is 0.678. The van der Waals surface area contributed by atoms with E-state index in [9.17, 15) is 4.39 Å². The van der Waals surface area contributed by atoms with Crippen LogP contribution in [-0.2, 0) is 0 Å². The third-order valence-corrected chi connectivity index (χ3v) is 5.15. The van der Waals surface area contributed by atoms with Gasteiger partial charge in [-0.05, 0) is 44.7 Å². The third kappa shape index (κ3) is 4.04. The number of anilines is 2. The van der Waals surface area contributed by atoms with E-state index in [1.165, 1.54) is 6.07 Å². The molecule has 1 fully saturated rings. The summed E-state index contributed by atoms with van der Waals surface area (Å²) in [5, 5.41) is 3.68. The lowest BCUT2D eigenvalue weighted by atomic mass is 9.98. The molecule has 4 nitrogen and oxygen atoms in total. The number of aromatic nitrogens is 2. The van der Waals surface area contributed by atoms with Crippen LogP contribution in [0.1, 0.15) is 33.6 Å². The van der Waals surface area contributed by atoms with Crippen molar-refractivity contribution in [1.29, 1.82) is 0 Å². The van der Waals surface area contributed by atoms with Gasteiger partial charge in [-0.2, -0.15) is 4.98 Å². The molecule has 1 saturated heterocycles. The highest BCUT2D eigenvalue weighted by atomic mass is 35.5. The van der Waals surface area contributed by atoms with E-state index in [1.807, 2.05) is 13.8 Å². The fourth-order valence-electron chi connectivity index (χ4n) is 3.15. The van der Waals surface area contributed by atoms with E-state index >= 15 is 0 Å². The van der Waals surface area contributed by atoms with Crippen molar-refractivity contribution in [3.63, 3.8) is 0 Å². The Kier molecular flexibility index (Phi) is 5.88. The summed E-state index contributed by atoms with van der Waals surface area (Å²) in [6.07, 6.45) is 2.11. The van der Waals surface area contributed by atoms with E-state index in [4.69, 9.17) is 23.2 Å². The second-order valence-electron chi connectivity index (χ2n) is 7.10. The molecular weight excluding hydrogens is 374 g/mol. The maximum atomic E-state index is 14.6. The van der Waals surface area contributed by atoms with Crippen molar-refractivity contribution in [2.75, 3.05) is 23.3 Å². The first kappa shape index (κ1) is 19.2. The topological polar surface area (TPSA) is 41.1 Å². The predicted molar refractivity (Wildman–Crippen MR) is 107 cm³/mol. The zero-order valence-electron chi connectivity index (χ0n) is 15.2. The van der Waals surface area contributed by atoms with Crippen molar-refractivity contribution in [2.45, 2.75) is 39.7 Å². The van der Waals surface area contributed by atoms with Crippen LogP contribution >= 0.6 is 23.2 Å². The van der Waals surface area contributed by atoms with Gasteiger partial charge in [0.15, 0.2) is 0 Å². The molecule has 0 spiro atoms. The van der Waals surface area contributed by atoms with E-state index in [-0.39, 0.29) is 16.8 Å². The number of benzene rings is 1. The number of halogens is 3. The fourth-order valence-corrected chi connectivity index (χ4v) is 3.66. The zero-order valence-corrected chi connectivity index (χ0v) is 16.7. The number of hydrogen-bond acceptors (Lipinski definition) is 4. The molecule has 1 N–H and O–H groups in total. The Bertz CT molecular complexity index is 769. The van der Waals surface area contributed by atoms with Crippen molar-refractivity contribution < 1.29 is 4.39 Å². The summed E-state index contributed by atoms with van der Waals surface area (Å²) in [7, 11) is 0. The SMILES string of the molecule is CC1CCN(c2nc(NC(C)C)nc(Cl)c2-c2c(F)cccc2Cl)CC1. The van der Waals surface area contributed by atoms with Crippen LogP contribution in [0.5, 0.6) is 0 Å². The van der Waals surface area contributed by atoms with Gasteiger partial charge in [-0.1, -0.05) is 36.2 Å². The van der Waals surface area contributed by atoms with E-state index < -0.39 is 5.82 Å². The number of nitrogens with zero attached hydrogens (tertiary/aromatic N) is 3. The normalized spacial score (nSPS) is 15.6. The largest absolute Gasteiger partial charge is 0.356 e. The molecule has 0 bridgehead atoms. The Morgan fingerprint density at radius 2 is 1.85 bits per heavy atom. The highest BCUT2D eigenvalue weighted by Crippen LogP contribution is 2.41. The number of piperidine rings is 1. The van der Waals surface area contributed by atoms with Crippen molar-refractivity contribution in [3.05, 3.63) is 34.2 Å². The first-order chi connectivity index (χ1) is 12.4. The second-order valence-corrected chi connectivity index (χ2v) is 7.87. The summed E-state index contributed by atoms with van der Waals surface area (Å²) in [6, 6.07) is 4.76. The molecule has 1 aliphatic rings. The molecule has 0 saturated carbocycles. The zero-order chi connectivity index (χ0) is 18.8. The summed E-state index contributed by atoms with van der Waals surface area (Å²) in [5.74, 6) is 1.30.